The van der Waals surface area contributed by atoms with Crippen LogP contribution in [0.25, 0.3) is 0 Å². The summed E-state index contributed by atoms with van der Waals surface area (Å²) >= 11 is 3.24. The van der Waals surface area contributed by atoms with Crippen molar-refractivity contribution in [1.29, 1.82) is 0 Å². The molecule has 0 unspecified atom stereocenters. The third kappa shape index (κ3) is 2.79. The largest absolute Gasteiger partial charge is 0.330 e. The predicted octanol–water partition coefficient (Wildman–Crippen LogP) is 3.16. The van der Waals surface area contributed by atoms with Crippen molar-refractivity contribution in [2.75, 3.05) is 0 Å². The van der Waals surface area contributed by atoms with E-state index in [2.05, 4.69) is 20.9 Å². The van der Waals surface area contributed by atoms with Crippen LogP contribution < -0.4 is 5.73 Å². The number of nitrogens with two attached hydrogens (primary N) is 1. The second-order valence-corrected chi connectivity index (χ2v) is 5.28. The Labute approximate surface area is 114 Å². The molecule has 0 radical (unpaired) electrons. The number of rotatable bonds is 3. The van der Waals surface area contributed by atoms with E-state index in [1.807, 2.05) is 30.7 Å². The van der Waals surface area contributed by atoms with E-state index >= 15 is 0 Å². The Bertz CT molecular complexity index is 563. The number of aryl methyl sites for hydroxylation is 1. The number of nitrogens with zero attached hydrogens (tertiary/aromatic N) is 2. The molecule has 0 aliphatic rings. The Hall–Kier alpha value is -1.20. The van der Waals surface area contributed by atoms with Crippen molar-refractivity contribution < 1.29 is 4.39 Å². The molecule has 3 nitrogen and oxygen atoms in total. The second kappa shape index (κ2) is 5.20. The fourth-order valence-electron chi connectivity index (χ4n) is 1.75. The molecule has 2 N–H and O–H groups in total. The molecule has 0 saturated carbocycles. The molecule has 0 saturated heterocycles. The van der Waals surface area contributed by atoms with Crippen molar-refractivity contribution in [3.05, 3.63) is 51.8 Å². The van der Waals surface area contributed by atoms with Gasteiger partial charge in [0.2, 0.25) is 0 Å². The average molecular weight is 312 g/mol. The molecular formula is C13H15BrFN3. The molecule has 0 spiro atoms. The van der Waals surface area contributed by atoms with Gasteiger partial charge in [0.1, 0.15) is 11.6 Å². The molecule has 5 heteroatoms. The van der Waals surface area contributed by atoms with Crippen LogP contribution in [0.15, 0.2) is 28.9 Å². The zero-order chi connectivity index (χ0) is 13.3. The number of aromatic nitrogens is 2. The molecule has 18 heavy (non-hydrogen) atoms. The number of halogens is 2. The van der Waals surface area contributed by atoms with E-state index in [1.165, 1.54) is 6.07 Å². The Morgan fingerprint density at radius 3 is 2.78 bits per heavy atom. The summed E-state index contributed by atoms with van der Waals surface area (Å²) in [5.41, 5.74) is 7.24. The highest BCUT2D eigenvalue weighted by Gasteiger charge is 2.10. The zero-order valence-corrected chi connectivity index (χ0v) is 11.9. The Balaban J connectivity index is 2.28. The predicted molar refractivity (Wildman–Crippen MR) is 72.8 cm³/mol. The molecule has 0 fully saturated rings. The van der Waals surface area contributed by atoms with Crippen LogP contribution in [-0.4, -0.2) is 9.55 Å². The maximum Gasteiger partial charge on any atom is 0.129 e. The van der Waals surface area contributed by atoms with Crippen molar-refractivity contribution >= 4 is 15.9 Å². The third-order valence-corrected chi connectivity index (χ3v) is 3.31. The second-order valence-electron chi connectivity index (χ2n) is 4.37. The van der Waals surface area contributed by atoms with Gasteiger partial charge in [0.15, 0.2) is 0 Å². The molecular weight excluding hydrogens is 297 g/mol. The van der Waals surface area contributed by atoms with Crippen LogP contribution >= 0.6 is 15.9 Å². The number of benzene rings is 1. The van der Waals surface area contributed by atoms with Gasteiger partial charge in [-0.3, -0.25) is 0 Å². The molecule has 0 aliphatic carbocycles. The molecule has 1 heterocycles. The molecule has 0 amide bonds. The lowest BCUT2D eigenvalue weighted by atomic mass is 10.2. The molecule has 1 aromatic carbocycles. The Morgan fingerprint density at radius 2 is 2.22 bits per heavy atom. The van der Waals surface area contributed by atoms with E-state index in [0.717, 1.165) is 16.0 Å². The van der Waals surface area contributed by atoms with Gasteiger partial charge in [0, 0.05) is 22.3 Å². The van der Waals surface area contributed by atoms with Crippen LogP contribution in [0.2, 0.25) is 0 Å². The van der Waals surface area contributed by atoms with Crippen molar-refractivity contribution in [2.45, 2.75) is 26.4 Å². The molecule has 2 aromatic rings. The monoisotopic (exact) mass is 311 g/mol. The van der Waals surface area contributed by atoms with Crippen LogP contribution in [0.4, 0.5) is 4.39 Å². The van der Waals surface area contributed by atoms with E-state index < -0.39 is 0 Å². The standard InChI is InChI=1S/C13H15BrFN3/c1-8(16)13-7-18(9(2)17-13)6-10-3-4-11(14)5-12(10)15/h3-5,7-8H,6,16H2,1-2H3/t8-/m0/s1. The minimum absolute atomic E-state index is 0.111. The summed E-state index contributed by atoms with van der Waals surface area (Å²) in [6.45, 7) is 4.24. The lowest BCUT2D eigenvalue weighted by Gasteiger charge is -2.06. The first-order chi connectivity index (χ1) is 8.47. The fourth-order valence-corrected chi connectivity index (χ4v) is 2.08. The fraction of sp³-hybridized carbons (Fsp3) is 0.308. The summed E-state index contributed by atoms with van der Waals surface area (Å²) < 4.78 is 16.4. The van der Waals surface area contributed by atoms with E-state index in [1.54, 1.807) is 6.07 Å². The van der Waals surface area contributed by atoms with Crippen molar-refractivity contribution in [1.82, 2.24) is 9.55 Å². The number of imidazole rings is 1. The summed E-state index contributed by atoms with van der Waals surface area (Å²) in [4.78, 5) is 4.36. The minimum Gasteiger partial charge on any atom is -0.330 e. The number of hydrogen-bond donors (Lipinski definition) is 1. The summed E-state index contributed by atoms with van der Waals surface area (Å²) in [5.74, 6) is 0.615. The first kappa shape index (κ1) is 13.2. The lowest BCUT2D eigenvalue weighted by molar-refractivity contribution is 0.596. The summed E-state index contributed by atoms with van der Waals surface area (Å²) in [6.07, 6.45) is 1.88. The first-order valence-corrected chi connectivity index (χ1v) is 6.50. The van der Waals surface area contributed by atoms with E-state index in [4.69, 9.17) is 5.73 Å². The van der Waals surface area contributed by atoms with Crippen molar-refractivity contribution in [2.24, 2.45) is 5.73 Å². The van der Waals surface area contributed by atoms with Gasteiger partial charge in [0.25, 0.3) is 0 Å². The average Bonchev–Trinajstić information content (AvgIpc) is 2.64. The SMILES string of the molecule is Cc1nc([C@H](C)N)cn1Cc1ccc(Br)cc1F. The normalized spacial score (nSPS) is 12.7. The molecule has 2 rings (SSSR count). The van der Waals surface area contributed by atoms with Gasteiger partial charge in [-0.05, 0) is 26.0 Å². The molecule has 96 valence electrons. The van der Waals surface area contributed by atoms with Crippen LogP contribution in [0.1, 0.15) is 30.0 Å². The third-order valence-electron chi connectivity index (χ3n) is 2.82. The summed E-state index contributed by atoms with van der Waals surface area (Å²) in [7, 11) is 0. The molecule has 1 atom stereocenters. The van der Waals surface area contributed by atoms with Crippen LogP contribution in [0.3, 0.4) is 0 Å². The summed E-state index contributed by atoms with van der Waals surface area (Å²) in [5, 5.41) is 0. The molecule has 0 aliphatic heterocycles. The highest BCUT2D eigenvalue weighted by Crippen LogP contribution is 2.18. The molecule has 1 aromatic heterocycles. The van der Waals surface area contributed by atoms with E-state index in [0.29, 0.717) is 12.1 Å². The van der Waals surface area contributed by atoms with Crippen molar-refractivity contribution in [3.8, 4) is 0 Å². The van der Waals surface area contributed by atoms with Gasteiger partial charge in [0.05, 0.1) is 12.2 Å². The van der Waals surface area contributed by atoms with Crippen molar-refractivity contribution in [3.63, 3.8) is 0 Å². The quantitative estimate of drug-likeness (QED) is 0.946. The van der Waals surface area contributed by atoms with Gasteiger partial charge in [-0.25, -0.2) is 9.37 Å². The Morgan fingerprint density at radius 1 is 1.50 bits per heavy atom. The highest BCUT2D eigenvalue weighted by atomic mass is 79.9. The first-order valence-electron chi connectivity index (χ1n) is 5.70. The number of hydrogen-bond acceptors (Lipinski definition) is 2. The van der Waals surface area contributed by atoms with Crippen LogP contribution in [-0.2, 0) is 6.54 Å². The minimum atomic E-state index is -0.222. The van der Waals surface area contributed by atoms with E-state index in [-0.39, 0.29) is 11.9 Å². The van der Waals surface area contributed by atoms with Gasteiger partial charge in [-0.1, -0.05) is 22.0 Å². The molecule has 0 bridgehead atoms. The maximum atomic E-state index is 13.7. The Kier molecular flexibility index (Phi) is 3.82. The van der Waals surface area contributed by atoms with Gasteiger partial charge < -0.3 is 10.3 Å². The summed E-state index contributed by atoms with van der Waals surface area (Å²) in [6, 6.07) is 4.95. The van der Waals surface area contributed by atoms with Crippen LogP contribution in [0.5, 0.6) is 0 Å². The smallest absolute Gasteiger partial charge is 0.129 e. The van der Waals surface area contributed by atoms with E-state index in [9.17, 15) is 4.39 Å². The van der Waals surface area contributed by atoms with Gasteiger partial charge >= 0.3 is 0 Å². The topological polar surface area (TPSA) is 43.8 Å². The van der Waals surface area contributed by atoms with Gasteiger partial charge in [-0.2, -0.15) is 0 Å². The van der Waals surface area contributed by atoms with Crippen LogP contribution in [0, 0.1) is 12.7 Å². The zero-order valence-electron chi connectivity index (χ0n) is 10.3. The van der Waals surface area contributed by atoms with Gasteiger partial charge in [-0.15, -0.1) is 0 Å². The lowest BCUT2D eigenvalue weighted by Crippen LogP contribution is -2.05. The maximum absolute atomic E-state index is 13.7. The highest BCUT2D eigenvalue weighted by molar-refractivity contribution is 9.10.